The number of hydrogen-bond donors (Lipinski definition) is 1. The molecule has 7 nitrogen and oxygen atoms in total. The molecule has 216 valence electrons. The van der Waals surface area contributed by atoms with Crippen LogP contribution in [0.25, 0.3) is 0 Å². The Hall–Kier alpha value is -4.43. The van der Waals surface area contributed by atoms with Crippen LogP contribution >= 0.6 is 11.8 Å². The van der Waals surface area contributed by atoms with Crippen LogP contribution in [0.1, 0.15) is 32.4 Å². The number of nitrogens with zero attached hydrogens (tertiary/aromatic N) is 1. The number of nitrogens with one attached hydrogen (secondary N) is 1. The summed E-state index contributed by atoms with van der Waals surface area (Å²) in [5, 5.41) is 2.75. The summed E-state index contributed by atoms with van der Waals surface area (Å²) in [7, 11) is 3.20. The van der Waals surface area contributed by atoms with Crippen molar-refractivity contribution in [1.29, 1.82) is 0 Å². The van der Waals surface area contributed by atoms with Crippen LogP contribution in [-0.2, 0) is 17.8 Å². The van der Waals surface area contributed by atoms with Crippen LogP contribution in [0, 0.1) is 0 Å². The van der Waals surface area contributed by atoms with Crippen LogP contribution in [0.3, 0.4) is 0 Å². The van der Waals surface area contributed by atoms with Crippen LogP contribution < -0.4 is 19.5 Å². The van der Waals surface area contributed by atoms with E-state index < -0.39 is 6.04 Å². The Bertz CT molecular complexity index is 1480. The number of benzene rings is 4. The minimum absolute atomic E-state index is 0.169. The van der Waals surface area contributed by atoms with Gasteiger partial charge in [-0.2, -0.15) is 0 Å². The number of ether oxygens (including phenoxy) is 3. The molecule has 1 N–H and O–H groups in total. The Morgan fingerprint density at radius 1 is 0.833 bits per heavy atom. The fraction of sp³-hybridized carbons (Fsp3) is 0.235. The first-order valence-electron chi connectivity index (χ1n) is 13.8. The van der Waals surface area contributed by atoms with Crippen LogP contribution in [0.15, 0.2) is 103 Å². The molecule has 0 bridgehead atoms. The zero-order chi connectivity index (χ0) is 29.3. The molecule has 1 aliphatic heterocycles. The summed E-state index contributed by atoms with van der Waals surface area (Å²) in [5.74, 6) is 2.21. The molecule has 1 fully saturated rings. The molecule has 2 unspecified atom stereocenters. The van der Waals surface area contributed by atoms with E-state index in [1.54, 1.807) is 43.0 Å². The average Bonchev–Trinajstić information content (AvgIpc) is 3.50. The van der Waals surface area contributed by atoms with E-state index in [1.165, 1.54) is 0 Å². The van der Waals surface area contributed by atoms with Crippen LogP contribution in [0.5, 0.6) is 17.2 Å². The summed E-state index contributed by atoms with van der Waals surface area (Å²) >= 11 is 1.59. The standard InChI is InChI=1S/C34H34N2O5S/c1-39-30-18-13-24(21-31(30)40-2)19-20-35-32(37)29-23-42-34(36(29)33(38)26-11-7-4-8-12-26)27-14-16-28(17-15-27)41-22-25-9-5-3-6-10-25/h3-18,21,29,34H,19-20,22-23H2,1-2H3,(H,35,37). The molecule has 4 aromatic carbocycles. The Morgan fingerprint density at radius 3 is 2.21 bits per heavy atom. The number of carbonyl (C=O) groups is 2. The summed E-state index contributed by atoms with van der Waals surface area (Å²) in [6.07, 6.45) is 0.618. The molecule has 0 spiro atoms. The molecule has 2 amide bonds. The van der Waals surface area contributed by atoms with Crippen molar-refractivity contribution in [2.75, 3.05) is 26.5 Å². The van der Waals surface area contributed by atoms with Gasteiger partial charge in [0, 0.05) is 17.9 Å². The van der Waals surface area contributed by atoms with E-state index in [0.717, 1.165) is 22.4 Å². The molecule has 5 rings (SSSR count). The summed E-state index contributed by atoms with van der Waals surface area (Å²) in [6.45, 7) is 0.906. The summed E-state index contributed by atoms with van der Waals surface area (Å²) in [4.78, 5) is 29.0. The summed E-state index contributed by atoms with van der Waals surface area (Å²) in [6, 6.07) is 32.0. The Balaban J connectivity index is 1.28. The highest BCUT2D eigenvalue weighted by Gasteiger charge is 2.42. The summed E-state index contributed by atoms with van der Waals surface area (Å²) in [5.41, 5.74) is 3.60. The molecule has 0 aliphatic carbocycles. The first-order chi connectivity index (χ1) is 20.6. The van der Waals surface area contributed by atoms with E-state index in [9.17, 15) is 9.59 Å². The van der Waals surface area contributed by atoms with Gasteiger partial charge < -0.3 is 24.4 Å². The van der Waals surface area contributed by atoms with Gasteiger partial charge in [0.05, 0.1) is 14.2 Å². The molecule has 8 heteroatoms. The second kappa shape index (κ2) is 14.0. The van der Waals surface area contributed by atoms with E-state index >= 15 is 0 Å². The minimum Gasteiger partial charge on any atom is -0.493 e. The number of rotatable bonds is 11. The molecule has 1 saturated heterocycles. The van der Waals surface area contributed by atoms with Gasteiger partial charge in [-0.1, -0.05) is 66.7 Å². The third-order valence-corrected chi connectivity index (χ3v) is 8.46. The topological polar surface area (TPSA) is 77.1 Å². The third-order valence-electron chi connectivity index (χ3n) is 7.13. The van der Waals surface area contributed by atoms with Crippen molar-refractivity contribution in [2.45, 2.75) is 24.4 Å². The number of thioether (sulfide) groups is 1. The van der Waals surface area contributed by atoms with E-state index in [2.05, 4.69) is 5.32 Å². The Morgan fingerprint density at radius 2 is 1.52 bits per heavy atom. The minimum atomic E-state index is -0.605. The van der Waals surface area contributed by atoms with Gasteiger partial charge in [0.25, 0.3) is 5.91 Å². The van der Waals surface area contributed by atoms with Gasteiger partial charge in [-0.05, 0) is 59.5 Å². The molecule has 1 aliphatic rings. The van der Waals surface area contributed by atoms with E-state index in [1.807, 2.05) is 91.0 Å². The highest BCUT2D eigenvalue weighted by atomic mass is 32.2. The Kier molecular flexibility index (Phi) is 9.66. The van der Waals surface area contributed by atoms with Crippen LogP contribution in [0.4, 0.5) is 0 Å². The lowest BCUT2D eigenvalue weighted by molar-refractivity contribution is -0.124. The molecule has 42 heavy (non-hydrogen) atoms. The lowest BCUT2D eigenvalue weighted by Gasteiger charge is -2.29. The maximum absolute atomic E-state index is 13.8. The van der Waals surface area contributed by atoms with Gasteiger partial charge in [0.1, 0.15) is 23.8 Å². The Labute approximate surface area is 250 Å². The fourth-order valence-electron chi connectivity index (χ4n) is 4.90. The second-order valence-corrected chi connectivity index (χ2v) is 11.0. The number of amides is 2. The van der Waals surface area contributed by atoms with Gasteiger partial charge in [0.2, 0.25) is 5.91 Å². The number of hydrogen-bond acceptors (Lipinski definition) is 6. The first kappa shape index (κ1) is 29.1. The maximum Gasteiger partial charge on any atom is 0.255 e. The first-order valence-corrected chi connectivity index (χ1v) is 14.9. The molecular formula is C34H34N2O5S. The van der Waals surface area contributed by atoms with Crippen molar-refractivity contribution >= 4 is 23.6 Å². The highest BCUT2D eigenvalue weighted by molar-refractivity contribution is 7.99. The third kappa shape index (κ3) is 6.89. The zero-order valence-corrected chi connectivity index (χ0v) is 24.5. The fourth-order valence-corrected chi connectivity index (χ4v) is 6.33. The molecule has 1 heterocycles. The lowest BCUT2D eigenvalue weighted by atomic mass is 10.1. The number of methoxy groups -OCH3 is 2. The predicted molar refractivity (Wildman–Crippen MR) is 165 cm³/mol. The van der Waals surface area contributed by atoms with Crippen molar-refractivity contribution in [3.63, 3.8) is 0 Å². The van der Waals surface area contributed by atoms with Crippen molar-refractivity contribution in [1.82, 2.24) is 10.2 Å². The molecule has 0 aromatic heterocycles. The lowest BCUT2D eigenvalue weighted by Crippen LogP contribution is -2.48. The van der Waals surface area contributed by atoms with Gasteiger partial charge in [-0.15, -0.1) is 11.8 Å². The van der Waals surface area contributed by atoms with Gasteiger partial charge in [-0.25, -0.2) is 0 Å². The van der Waals surface area contributed by atoms with Gasteiger partial charge in [-0.3, -0.25) is 9.59 Å². The van der Waals surface area contributed by atoms with Crippen molar-refractivity contribution < 1.29 is 23.8 Å². The van der Waals surface area contributed by atoms with Crippen LogP contribution in [0.2, 0.25) is 0 Å². The monoisotopic (exact) mass is 582 g/mol. The molecule has 0 saturated carbocycles. The normalized spacial score (nSPS) is 16.1. The highest BCUT2D eigenvalue weighted by Crippen LogP contribution is 2.42. The quantitative estimate of drug-likeness (QED) is 0.237. The zero-order valence-electron chi connectivity index (χ0n) is 23.7. The van der Waals surface area contributed by atoms with Crippen LogP contribution in [-0.4, -0.2) is 49.3 Å². The van der Waals surface area contributed by atoms with Crippen molar-refractivity contribution in [3.05, 3.63) is 125 Å². The van der Waals surface area contributed by atoms with E-state index in [4.69, 9.17) is 14.2 Å². The van der Waals surface area contributed by atoms with Crippen molar-refractivity contribution in [2.24, 2.45) is 0 Å². The van der Waals surface area contributed by atoms with E-state index in [-0.39, 0.29) is 17.2 Å². The van der Waals surface area contributed by atoms with Gasteiger partial charge in [0.15, 0.2) is 11.5 Å². The number of carbonyl (C=O) groups excluding carboxylic acids is 2. The van der Waals surface area contributed by atoms with Crippen molar-refractivity contribution in [3.8, 4) is 17.2 Å². The molecule has 0 radical (unpaired) electrons. The largest absolute Gasteiger partial charge is 0.493 e. The molecular weight excluding hydrogens is 548 g/mol. The average molecular weight is 583 g/mol. The predicted octanol–water partition coefficient (Wildman–Crippen LogP) is 5.90. The molecule has 2 atom stereocenters. The smallest absolute Gasteiger partial charge is 0.255 e. The van der Waals surface area contributed by atoms with Gasteiger partial charge >= 0.3 is 0 Å². The summed E-state index contributed by atoms with van der Waals surface area (Å²) < 4.78 is 16.7. The van der Waals surface area contributed by atoms with E-state index in [0.29, 0.717) is 42.4 Å². The molecule has 4 aromatic rings. The second-order valence-electron chi connectivity index (χ2n) is 9.85. The maximum atomic E-state index is 13.8. The SMILES string of the molecule is COc1ccc(CCNC(=O)C2CSC(c3ccc(OCc4ccccc4)cc3)N2C(=O)c2ccccc2)cc1OC.